The monoisotopic (exact) mass is 551 g/mol. The molecule has 8 heteroatoms. The van der Waals surface area contributed by atoms with Crippen molar-refractivity contribution in [1.82, 2.24) is 0 Å². The number of hydrogen-bond donors (Lipinski definition) is 1. The van der Waals surface area contributed by atoms with E-state index in [-0.39, 0.29) is 35.9 Å². The van der Waals surface area contributed by atoms with Crippen molar-refractivity contribution in [2.24, 2.45) is 5.92 Å². The Hall–Kier alpha value is -0.570. The number of esters is 1. The van der Waals surface area contributed by atoms with Crippen LogP contribution >= 0.6 is 15.9 Å². The third kappa shape index (κ3) is 4.21. The molecule has 2 aliphatic heterocycles. The summed E-state index contributed by atoms with van der Waals surface area (Å²) in [6, 6.07) is 7.52. The van der Waals surface area contributed by atoms with Crippen molar-refractivity contribution in [2.75, 3.05) is 14.1 Å². The number of rotatable bonds is 4. The Morgan fingerprint density at radius 3 is 2.23 bits per heavy atom. The van der Waals surface area contributed by atoms with Crippen molar-refractivity contribution in [3.8, 4) is 0 Å². The number of halogens is 4. The lowest BCUT2D eigenvalue weighted by atomic mass is 9.80. The van der Waals surface area contributed by atoms with Crippen LogP contribution in [0.2, 0.25) is 0 Å². The zero-order valence-electron chi connectivity index (χ0n) is 17.3. The van der Waals surface area contributed by atoms with Gasteiger partial charge in [-0.15, -0.1) is 0 Å². The van der Waals surface area contributed by atoms with Gasteiger partial charge in [0.25, 0.3) is 0 Å². The van der Waals surface area contributed by atoms with E-state index in [1.165, 1.54) is 0 Å². The largest absolute Gasteiger partial charge is 1.00 e. The van der Waals surface area contributed by atoms with E-state index in [9.17, 15) is 18.7 Å². The molecule has 4 nitrogen and oxygen atoms in total. The molecule has 2 saturated heterocycles. The van der Waals surface area contributed by atoms with E-state index >= 15 is 0 Å². The van der Waals surface area contributed by atoms with Crippen molar-refractivity contribution in [1.29, 1.82) is 0 Å². The third-order valence-electron chi connectivity index (χ3n) is 7.65. The van der Waals surface area contributed by atoms with Crippen molar-refractivity contribution in [2.45, 2.75) is 74.7 Å². The highest BCUT2D eigenvalue weighted by molar-refractivity contribution is 9.10. The van der Waals surface area contributed by atoms with Gasteiger partial charge in [0.2, 0.25) is 5.92 Å². The average molecular weight is 553 g/mol. The van der Waals surface area contributed by atoms with E-state index in [1.54, 1.807) is 24.3 Å². The van der Waals surface area contributed by atoms with Gasteiger partial charge in [0.1, 0.15) is 6.10 Å². The highest BCUT2D eigenvalue weighted by Gasteiger charge is 2.56. The van der Waals surface area contributed by atoms with Gasteiger partial charge in [-0.2, -0.15) is 0 Å². The number of aliphatic hydroxyl groups is 1. The summed E-state index contributed by atoms with van der Waals surface area (Å²) in [5, 5.41) is 11.5. The van der Waals surface area contributed by atoms with Gasteiger partial charge in [-0.25, -0.2) is 13.6 Å². The predicted octanol–water partition coefficient (Wildman–Crippen LogP) is 1.39. The lowest BCUT2D eigenvalue weighted by molar-refractivity contribution is -0.931. The number of ether oxygens (including phenoxy) is 1. The van der Waals surface area contributed by atoms with E-state index in [0.29, 0.717) is 17.6 Å². The van der Waals surface area contributed by atoms with Crippen molar-refractivity contribution < 1.29 is 44.9 Å². The number of quaternary nitrogens is 1. The van der Waals surface area contributed by atoms with Crippen LogP contribution in [0.5, 0.6) is 0 Å². The molecule has 1 N–H and O–H groups in total. The molecule has 2 unspecified atom stereocenters. The summed E-state index contributed by atoms with van der Waals surface area (Å²) in [5.41, 5.74) is -1.73. The minimum Gasteiger partial charge on any atom is -1.00 e. The van der Waals surface area contributed by atoms with Gasteiger partial charge in [0, 0.05) is 48.9 Å². The Morgan fingerprint density at radius 1 is 1.17 bits per heavy atom. The van der Waals surface area contributed by atoms with Gasteiger partial charge >= 0.3 is 5.97 Å². The molecule has 0 aromatic heterocycles. The van der Waals surface area contributed by atoms with Crippen LogP contribution < -0.4 is 17.0 Å². The molecule has 1 saturated carbocycles. The maximum Gasteiger partial charge on any atom is 0.343 e. The number of hydrogen-bond acceptors (Lipinski definition) is 3. The number of alkyl halides is 2. The summed E-state index contributed by atoms with van der Waals surface area (Å²) >= 11 is 3.34. The SMILES string of the molecule is C[N+]1(C)C2CCC1CC(OC(=O)[C@](O)(c1ccc(Br)cc1)[C@@H]1CCC(F)(F)C1)C2.[Br-]. The topological polar surface area (TPSA) is 46.5 Å². The Kier molecular flexibility index (Phi) is 6.75. The first-order valence-electron chi connectivity index (χ1n) is 10.4. The van der Waals surface area contributed by atoms with Crippen LogP contribution in [0, 0.1) is 5.92 Å². The molecule has 30 heavy (non-hydrogen) atoms. The smallest absolute Gasteiger partial charge is 0.343 e. The summed E-state index contributed by atoms with van der Waals surface area (Å²) < 4.78 is 35.5. The van der Waals surface area contributed by atoms with E-state index in [2.05, 4.69) is 30.0 Å². The first-order valence-corrected chi connectivity index (χ1v) is 11.2. The summed E-state index contributed by atoms with van der Waals surface area (Å²) in [4.78, 5) is 13.3. The van der Waals surface area contributed by atoms with Gasteiger partial charge in [-0.3, -0.25) is 0 Å². The summed E-state index contributed by atoms with van der Waals surface area (Å²) in [5.74, 6) is -4.50. The van der Waals surface area contributed by atoms with Crippen LogP contribution in [-0.4, -0.2) is 53.8 Å². The number of fused-ring (bicyclic) bond motifs is 2. The van der Waals surface area contributed by atoms with E-state index in [4.69, 9.17) is 4.74 Å². The average Bonchev–Trinajstić information content (AvgIpc) is 3.04. The zero-order valence-corrected chi connectivity index (χ0v) is 20.5. The zero-order chi connectivity index (χ0) is 21.0. The number of nitrogens with zero attached hydrogens (tertiary/aromatic N) is 1. The molecule has 2 bridgehead atoms. The van der Waals surface area contributed by atoms with Gasteiger partial charge in [-0.05, 0) is 24.1 Å². The standard InChI is InChI=1S/C22H29BrF2NO3.BrH/c1-26(2)17-7-8-18(26)12-19(11-17)29-20(27)22(28,14-3-5-16(23)6-4-14)15-9-10-21(24,25)13-15;/h3-6,15,17-19,28H,7-13H2,1-2H3;1H/q+1;/p-1/t15-,17?,18?,19?,22+;/m1./s1. The van der Waals surface area contributed by atoms with E-state index in [1.807, 2.05) is 0 Å². The quantitative estimate of drug-likeness (QED) is 0.453. The van der Waals surface area contributed by atoms with Crippen LogP contribution in [0.25, 0.3) is 0 Å². The first kappa shape index (κ1) is 24.1. The second-order valence-electron chi connectivity index (χ2n) is 9.58. The Balaban J connectivity index is 0.00000256. The Bertz CT molecular complexity index is 773. The fraction of sp³-hybridized carbons (Fsp3) is 0.682. The minimum atomic E-state index is -2.86. The predicted molar refractivity (Wildman–Crippen MR) is 108 cm³/mol. The fourth-order valence-electron chi connectivity index (χ4n) is 5.70. The molecular weight excluding hydrogens is 524 g/mol. The maximum atomic E-state index is 14.0. The molecule has 1 aromatic carbocycles. The number of piperidine rings is 1. The minimum absolute atomic E-state index is 0. The van der Waals surface area contributed by atoms with E-state index in [0.717, 1.165) is 34.6 Å². The highest BCUT2D eigenvalue weighted by Crippen LogP contribution is 2.49. The Morgan fingerprint density at radius 2 is 1.73 bits per heavy atom. The van der Waals surface area contributed by atoms with Crippen molar-refractivity contribution in [3.05, 3.63) is 34.3 Å². The molecule has 2 heterocycles. The lowest BCUT2D eigenvalue weighted by Crippen LogP contribution is -3.00. The maximum absolute atomic E-state index is 14.0. The normalized spacial score (nSPS) is 33.4. The highest BCUT2D eigenvalue weighted by atomic mass is 79.9. The van der Waals surface area contributed by atoms with Gasteiger partial charge < -0.3 is 31.3 Å². The third-order valence-corrected chi connectivity index (χ3v) is 8.18. The van der Waals surface area contributed by atoms with Crippen LogP contribution in [0.1, 0.15) is 50.5 Å². The second-order valence-corrected chi connectivity index (χ2v) is 10.5. The van der Waals surface area contributed by atoms with Crippen LogP contribution in [0.3, 0.4) is 0 Å². The molecule has 0 radical (unpaired) electrons. The van der Waals surface area contributed by atoms with Crippen LogP contribution in [0.4, 0.5) is 8.78 Å². The van der Waals surface area contributed by atoms with E-state index < -0.39 is 29.8 Å². The molecular formula is C22H29Br2F2NO3. The molecule has 4 atom stereocenters. The molecule has 1 aromatic rings. The summed E-state index contributed by atoms with van der Waals surface area (Å²) in [7, 11) is 4.44. The number of carbonyl (C=O) groups is 1. The summed E-state index contributed by atoms with van der Waals surface area (Å²) in [6.07, 6.45) is 2.73. The van der Waals surface area contributed by atoms with Gasteiger partial charge in [-0.1, -0.05) is 28.1 Å². The van der Waals surface area contributed by atoms with Crippen LogP contribution in [0.15, 0.2) is 28.7 Å². The van der Waals surface area contributed by atoms with Gasteiger partial charge in [0.15, 0.2) is 5.60 Å². The molecule has 4 rings (SSSR count). The lowest BCUT2D eigenvalue weighted by Gasteiger charge is -2.44. The van der Waals surface area contributed by atoms with Crippen molar-refractivity contribution >= 4 is 21.9 Å². The number of carbonyl (C=O) groups excluding carboxylic acids is 1. The molecule has 0 amide bonds. The summed E-state index contributed by atoms with van der Waals surface area (Å²) in [6.45, 7) is 0. The molecule has 0 spiro atoms. The molecule has 168 valence electrons. The van der Waals surface area contributed by atoms with Crippen LogP contribution in [-0.2, 0) is 15.1 Å². The molecule has 3 aliphatic rings. The number of benzene rings is 1. The molecule has 3 fully saturated rings. The van der Waals surface area contributed by atoms with Gasteiger partial charge in [0.05, 0.1) is 26.2 Å². The first-order chi connectivity index (χ1) is 13.5. The Labute approximate surface area is 195 Å². The second kappa shape index (κ2) is 8.41. The van der Waals surface area contributed by atoms with Crippen molar-refractivity contribution in [3.63, 3.8) is 0 Å². The fourth-order valence-corrected chi connectivity index (χ4v) is 5.96. The molecule has 1 aliphatic carbocycles.